The van der Waals surface area contributed by atoms with E-state index in [2.05, 4.69) is 10.3 Å². The molecule has 0 unspecified atom stereocenters. The first-order valence-corrected chi connectivity index (χ1v) is 5.35. The molecule has 2 nitrogen and oxygen atoms in total. The second-order valence-corrected chi connectivity index (χ2v) is 3.87. The van der Waals surface area contributed by atoms with Gasteiger partial charge in [0.25, 0.3) is 0 Å². The first kappa shape index (κ1) is 12.6. The van der Waals surface area contributed by atoms with Crippen LogP contribution in [-0.4, -0.2) is 12.0 Å². The first-order valence-electron chi connectivity index (χ1n) is 5.35. The normalized spacial score (nSPS) is 10.7. The van der Waals surface area contributed by atoms with Crippen molar-refractivity contribution in [2.45, 2.75) is 6.54 Å². The Balaban J connectivity index is 2.45. The van der Waals surface area contributed by atoms with E-state index in [9.17, 15) is 13.2 Å². The average Bonchev–Trinajstić information content (AvgIpc) is 2.36. The van der Waals surface area contributed by atoms with Crippen LogP contribution in [0.3, 0.4) is 0 Å². The van der Waals surface area contributed by atoms with Crippen molar-refractivity contribution < 1.29 is 13.2 Å². The molecule has 1 aromatic carbocycles. The predicted octanol–water partition coefficient (Wildman–Crippen LogP) is 2.89. The van der Waals surface area contributed by atoms with Crippen molar-refractivity contribution in [3.8, 4) is 11.1 Å². The SMILES string of the molecule is CNCc1cncc(-c2cc(F)c(F)c(F)c2)c1. The van der Waals surface area contributed by atoms with Gasteiger partial charge in [0.15, 0.2) is 17.5 Å². The van der Waals surface area contributed by atoms with Crippen LogP contribution in [-0.2, 0) is 6.54 Å². The molecule has 1 heterocycles. The number of aromatic nitrogens is 1. The van der Waals surface area contributed by atoms with Gasteiger partial charge in [0, 0.05) is 24.5 Å². The van der Waals surface area contributed by atoms with Crippen molar-refractivity contribution in [3.05, 3.63) is 53.6 Å². The van der Waals surface area contributed by atoms with Crippen LogP contribution in [0.4, 0.5) is 13.2 Å². The molecule has 0 aliphatic heterocycles. The molecule has 2 rings (SSSR count). The summed E-state index contributed by atoms with van der Waals surface area (Å²) in [5, 5.41) is 2.95. The Kier molecular flexibility index (Phi) is 3.62. The van der Waals surface area contributed by atoms with Crippen molar-refractivity contribution in [1.29, 1.82) is 0 Å². The highest BCUT2D eigenvalue weighted by Gasteiger charge is 2.11. The molecule has 0 aliphatic rings. The highest BCUT2D eigenvalue weighted by Crippen LogP contribution is 2.23. The lowest BCUT2D eigenvalue weighted by molar-refractivity contribution is 0.447. The maximum Gasteiger partial charge on any atom is 0.194 e. The number of nitrogens with zero attached hydrogens (tertiary/aromatic N) is 1. The number of rotatable bonds is 3. The Hall–Kier alpha value is -1.88. The zero-order chi connectivity index (χ0) is 13.1. The first-order chi connectivity index (χ1) is 8.61. The summed E-state index contributed by atoms with van der Waals surface area (Å²) in [7, 11) is 1.78. The lowest BCUT2D eigenvalue weighted by Gasteiger charge is -2.06. The molecule has 0 amide bonds. The minimum absolute atomic E-state index is 0.261. The largest absolute Gasteiger partial charge is 0.316 e. The Morgan fingerprint density at radius 3 is 2.28 bits per heavy atom. The molecule has 94 valence electrons. The van der Waals surface area contributed by atoms with Crippen LogP contribution in [0.15, 0.2) is 30.6 Å². The highest BCUT2D eigenvalue weighted by molar-refractivity contribution is 5.63. The lowest BCUT2D eigenvalue weighted by Crippen LogP contribution is -2.05. The van der Waals surface area contributed by atoms with E-state index in [0.29, 0.717) is 12.1 Å². The van der Waals surface area contributed by atoms with Crippen molar-refractivity contribution in [1.82, 2.24) is 10.3 Å². The van der Waals surface area contributed by atoms with Gasteiger partial charge >= 0.3 is 0 Å². The molecule has 0 fully saturated rings. The van der Waals surface area contributed by atoms with E-state index in [1.807, 2.05) is 0 Å². The van der Waals surface area contributed by atoms with Crippen LogP contribution in [0.2, 0.25) is 0 Å². The van der Waals surface area contributed by atoms with Crippen molar-refractivity contribution in [2.75, 3.05) is 7.05 Å². The Labute approximate surface area is 102 Å². The van der Waals surface area contributed by atoms with Gasteiger partial charge in [-0.2, -0.15) is 0 Å². The summed E-state index contributed by atoms with van der Waals surface area (Å²) in [5.74, 6) is -3.87. The summed E-state index contributed by atoms with van der Waals surface area (Å²) < 4.78 is 39.1. The highest BCUT2D eigenvalue weighted by atomic mass is 19.2. The fourth-order valence-corrected chi connectivity index (χ4v) is 1.67. The van der Waals surface area contributed by atoms with Gasteiger partial charge in [-0.05, 0) is 36.4 Å². The summed E-state index contributed by atoms with van der Waals surface area (Å²) in [4.78, 5) is 3.98. The van der Waals surface area contributed by atoms with E-state index < -0.39 is 17.5 Å². The zero-order valence-corrected chi connectivity index (χ0v) is 9.67. The van der Waals surface area contributed by atoms with Gasteiger partial charge in [-0.1, -0.05) is 0 Å². The second kappa shape index (κ2) is 5.18. The summed E-state index contributed by atoms with van der Waals surface area (Å²) in [5.41, 5.74) is 1.68. The minimum atomic E-state index is -1.46. The Bertz CT molecular complexity index is 547. The van der Waals surface area contributed by atoms with Gasteiger partial charge < -0.3 is 5.32 Å². The van der Waals surface area contributed by atoms with Crippen LogP contribution in [0.5, 0.6) is 0 Å². The number of benzene rings is 1. The predicted molar refractivity (Wildman–Crippen MR) is 62.3 cm³/mol. The van der Waals surface area contributed by atoms with Gasteiger partial charge in [-0.3, -0.25) is 4.98 Å². The molecule has 0 saturated carbocycles. The molecule has 1 N–H and O–H groups in total. The van der Waals surface area contributed by atoms with Crippen molar-refractivity contribution in [3.63, 3.8) is 0 Å². The van der Waals surface area contributed by atoms with Crippen LogP contribution in [0.25, 0.3) is 11.1 Å². The molecular weight excluding hydrogens is 241 g/mol. The molecule has 0 radical (unpaired) electrons. The van der Waals surface area contributed by atoms with E-state index in [4.69, 9.17) is 0 Å². The number of hydrogen-bond acceptors (Lipinski definition) is 2. The number of nitrogens with one attached hydrogen (secondary N) is 1. The lowest BCUT2D eigenvalue weighted by atomic mass is 10.1. The van der Waals surface area contributed by atoms with E-state index >= 15 is 0 Å². The molecule has 0 saturated heterocycles. The van der Waals surface area contributed by atoms with Crippen LogP contribution in [0.1, 0.15) is 5.56 Å². The smallest absolute Gasteiger partial charge is 0.194 e. The zero-order valence-electron chi connectivity index (χ0n) is 9.67. The van der Waals surface area contributed by atoms with Gasteiger partial charge in [-0.25, -0.2) is 13.2 Å². The standard InChI is InChI=1S/C13H11F3N2/c1-17-5-8-2-10(7-18-6-8)9-3-11(14)13(16)12(15)4-9/h2-4,6-7,17H,5H2,1H3. The topological polar surface area (TPSA) is 24.9 Å². The monoisotopic (exact) mass is 252 g/mol. The second-order valence-electron chi connectivity index (χ2n) is 3.87. The van der Waals surface area contributed by atoms with Gasteiger partial charge in [0.05, 0.1) is 0 Å². The number of hydrogen-bond donors (Lipinski definition) is 1. The molecule has 0 spiro atoms. The number of pyridine rings is 1. The number of halogens is 3. The van der Waals surface area contributed by atoms with Gasteiger partial charge in [0.2, 0.25) is 0 Å². The Morgan fingerprint density at radius 2 is 1.67 bits per heavy atom. The fraction of sp³-hybridized carbons (Fsp3) is 0.154. The van der Waals surface area contributed by atoms with Crippen molar-refractivity contribution >= 4 is 0 Å². The molecule has 1 aromatic heterocycles. The van der Waals surface area contributed by atoms with E-state index in [0.717, 1.165) is 17.7 Å². The third-order valence-corrected chi connectivity index (χ3v) is 2.49. The fourth-order valence-electron chi connectivity index (χ4n) is 1.67. The third-order valence-electron chi connectivity index (χ3n) is 2.49. The molecule has 0 atom stereocenters. The molecule has 0 aliphatic carbocycles. The van der Waals surface area contributed by atoms with Crippen LogP contribution >= 0.6 is 0 Å². The van der Waals surface area contributed by atoms with E-state index in [1.165, 1.54) is 6.20 Å². The van der Waals surface area contributed by atoms with Gasteiger partial charge in [0.1, 0.15) is 0 Å². The minimum Gasteiger partial charge on any atom is -0.316 e. The van der Waals surface area contributed by atoms with Crippen LogP contribution in [0, 0.1) is 17.5 Å². The molecule has 18 heavy (non-hydrogen) atoms. The van der Waals surface area contributed by atoms with Crippen LogP contribution < -0.4 is 5.32 Å². The van der Waals surface area contributed by atoms with Crippen molar-refractivity contribution in [2.24, 2.45) is 0 Å². The summed E-state index contributed by atoms with van der Waals surface area (Å²) in [6.45, 7) is 0.590. The molecule has 2 aromatic rings. The summed E-state index contributed by atoms with van der Waals surface area (Å²) in [6, 6.07) is 3.66. The van der Waals surface area contributed by atoms with E-state index in [-0.39, 0.29) is 5.56 Å². The van der Waals surface area contributed by atoms with Gasteiger partial charge in [-0.15, -0.1) is 0 Å². The molecule has 0 bridgehead atoms. The maximum absolute atomic E-state index is 13.1. The quantitative estimate of drug-likeness (QED) is 0.850. The molecular formula is C13H11F3N2. The Morgan fingerprint density at radius 1 is 1.00 bits per heavy atom. The molecule has 5 heteroatoms. The average molecular weight is 252 g/mol. The van der Waals surface area contributed by atoms with E-state index in [1.54, 1.807) is 19.3 Å². The maximum atomic E-state index is 13.1. The summed E-state index contributed by atoms with van der Waals surface area (Å²) in [6.07, 6.45) is 3.13. The summed E-state index contributed by atoms with van der Waals surface area (Å²) >= 11 is 0. The third kappa shape index (κ3) is 2.51.